The predicted octanol–water partition coefficient (Wildman–Crippen LogP) is 0.546. The van der Waals surface area contributed by atoms with Crippen molar-refractivity contribution in [3.63, 3.8) is 0 Å². The lowest BCUT2D eigenvalue weighted by Crippen LogP contribution is -2.51. The van der Waals surface area contributed by atoms with E-state index in [1.165, 1.54) is 0 Å². The topological polar surface area (TPSA) is 60.9 Å². The fraction of sp³-hybridized carbons (Fsp3) is 0.833. The second kappa shape index (κ2) is 5.04. The van der Waals surface area contributed by atoms with Gasteiger partial charge in [-0.25, -0.2) is 0 Å². The zero-order valence-electron chi connectivity index (χ0n) is 10.3. The molecule has 17 heavy (non-hydrogen) atoms. The van der Waals surface area contributed by atoms with E-state index < -0.39 is 5.97 Å². The lowest BCUT2D eigenvalue weighted by Gasteiger charge is -2.38. The average molecular weight is 240 g/mol. The first-order valence-electron chi connectivity index (χ1n) is 6.31. The number of hydrogen-bond donors (Lipinski definition) is 1. The molecule has 1 aliphatic heterocycles. The average Bonchev–Trinajstić information content (AvgIpc) is 3.09. The van der Waals surface area contributed by atoms with Crippen molar-refractivity contribution in [3.8, 4) is 0 Å². The van der Waals surface area contributed by atoms with Crippen molar-refractivity contribution in [3.05, 3.63) is 0 Å². The summed E-state index contributed by atoms with van der Waals surface area (Å²) in [6.07, 6.45) is 4.19. The standard InChI is InChI=1S/C12H20N2O3/c1-9(15)13-6-2-3-11(7-13)14(8-12(16)17)10-4-5-10/h10-11H,2-8H2,1H3,(H,16,17)/t11-/m0/s1. The number of aliphatic carboxylic acids is 1. The van der Waals surface area contributed by atoms with Gasteiger partial charge in [0.2, 0.25) is 5.91 Å². The molecule has 5 nitrogen and oxygen atoms in total. The molecule has 2 rings (SSSR count). The molecule has 0 unspecified atom stereocenters. The van der Waals surface area contributed by atoms with Crippen LogP contribution in [0.2, 0.25) is 0 Å². The molecular weight excluding hydrogens is 220 g/mol. The Kier molecular flexibility index (Phi) is 3.66. The highest BCUT2D eigenvalue weighted by molar-refractivity contribution is 5.73. The third-order valence-electron chi connectivity index (χ3n) is 3.64. The van der Waals surface area contributed by atoms with Gasteiger partial charge in [0, 0.05) is 32.1 Å². The normalized spacial score (nSPS) is 25.1. The molecular formula is C12H20N2O3. The van der Waals surface area contributed by atoms with E-state index in [1.54, 1.807) is 6.92 Å². The highest BCUT2D eigenvalue weighted by Gasteiger charge is 2.37. The fourth-order valence-electron chi connectivity index (χ4n) is 2.63. The highest BCUT2D eigenvalue weighted by Crippen LogP contribution is 2.31. The summed E-state index contributed by atoms with van der Waals surface area (Å²) in [7, 11) is 0. The predicted molar refractivity (Wildman–Crippen MR) is 62.6 cm³/mol. The van der Waals surface area contributed by atoms with Gasteiger partial charge in [-0.15, -0.1) is 0 Å². The van der Waals surface area contributed by atoms with Crippen LogP contribution in [-0.2, 0) is 9.59 Å². The van der Waals surface area contributed by atoms with E-state index in [9.17, 15) is 9.59 Å². The van der Waals surface area contributed by atoms with E-state index in [2.05, 4.69) is 4.90 Å². The van der Waals surface area contributed by atoms with Gasteiger partial charge in [-0.2, -0.15) is 0 Å². The van der Waals surface area contributed by atoms with Crippen LogP contribution >= 0.6 is 0 Å². The Bertz CT molecular complexity index is 315. The number of hydrogen-bond acceptors (Lipinski definition) is 3. The van der Waals surface area contributed by atoms with Gasteiger partial charge in [0.15, 0.2) is 0 Å². The van der Waals surface area contributed by atoms with Crippen LogP contribution in [0, 0.1) is 0 Å². The number of amides is 1. The van der Waals surface area contributed by atoms with Gasteiger partial charge in [-0.05, 0) is 25.7 Å². The summed E-state index contributed by atoms with van der Waals surface area (Å²) >= 11 is 0. The number of nitrogens with zero attached hydrogens (tertiary/aromatic N) is 2. The minimum Gasteiger partial charge on any atom is -0.480 e. The lowest BCUT2D eigenvalue weighted by molar-refractivity contribution is -0.139. The third-order valence-corrected chi connectivity index (χ3v) is 3.64. The Balaban J connectivity index is 1.97. The number of rotatable bonds is 4. The molecule has 1 saturated heterocycles. The largest absolute Gasteiger partial charge is 0.480 e. The number of carbonyl (C=O) groups excluding carboxylic acids is 1. The van der Waals surface area contributed by atoms with E-state index in [0.717, 1.165) is 32.2 Å². The van der Waals surface area contributed by atoms with E-state index in [1.807, 2.05) is 4.90 Å². The van der Waals surface area contributed by atoms with Crippen molar-refractivity contribution >= 4 is 11.9 Å². The SMILES string of the molecule is CC(=O)N1CCC[C@H](N(CC(=O)O)C2CC2)C1. The minimum atomic E-state index is -0.767. The van der Waals surface area contributed by atoms with E-state index in [-0.39, 0.29) is 18.5 Å². The number of carboxylic acids is 1. The molecule has 1 atom stereocenters. The highest BCUT2D eigenvalue weighted by atomic mass is 16.4. The third kappa shape index (κ3) is 3.19. The van der Waals surface area contributed by atoms with Gasteiger partial charge < -0.3 is 10.0 Å². The fourth-order valence-corrected chi connectivity index (χ4v) is 2.63. The summed E-state index contributed by atoms with van der Waals surface area (Å²) in [5.41, 5.74) is 0. The van der Waals surface area contributed by atoms with Crippen LogP contribution in [0.3, 0.4) is 0 Å². The first-order valence-corrected chi connectivity index (χ1v) is 6.31. The van der Waals surface area contributed by atoms with Crippen LogP contribution in [0.5, 0.6) is 0 Å². The summed E-state index contributed by atoms with van der Waals surface area (Å²) in [5, 5.41) is 8.94. The molecule has 0 aromatic rings. The Morgan fingerprint density at radius 2 is 2.00 bits per heavy atom. The second-order valence-corrected chi connectivity index (χ2v) is 5.06. The van der Waals surface area contributed by atoms with Gasteiger partial charge in [-0.1, -0.05) is 0 Å². The molecule has 5 heteroatoms. The summed E-state index contributed by atoms with van der Waals surface area (Å²) < 4.78 is 0. The van der Waals surface area contributed by atoms with Gasteiger partial charge >= 0.3 is 5.97 Å². The molecule has 1 amide bonds. The maximum atomic E-state index is 11.4. The van der Waals surface area contributed by atoms with Crippen LogP contribution < -0.4 is 0 Å². The molecule has 0 spiro atoms. The number of carboxylic acid groups (broad SMARTS) is 1. The van der Waals surface area contributed by atoms with Crippen LogP contribution in [0.25, 0.3) is 0 Å². The molecule has 1 N–H and O–H groups in total. The van der Waals surface area contributed by atoms with E-state index >= 15 is 0 Å². The van der Waals surface area contributed by atoms with Crippen molar-refractivity contribution in [2.45, 2.75) is 44.7 Å². The molecule has 0 aromatic heterocycles. The van der Waals surface area contributed by atoms with Gasteiger partial charge in [0.1, 0.15) is 0 Å². The van der Waals surface area contributed by atoms with Crippen molar-refractivity contribution in [2.24, 2.45) is 0 Å². The maximum Gasteiger partial charge on any atom is 0.317 e. The summed E-state index contributed by atoms with van der Waals surface area (Å²) in [6, 6.07) is 0.666. The molecule has 96 valence electrons. The van der Waals surface area contributed by atoms with Crippen molar-refractivity contribution in [2.75, 3.05) is 19.6 Å². The molecule has 0 aromatic carbocycles. The molecule has 1 aliphatic carbocycles. The molecule has 0 bridgehead atoms. The van der Waals surface area contributed by atoms with E-state index in [4.69, 9.17) is 5.11 Å². The number of likely N-dealkylation sites (tertiary alicyclic amines) is 1. The quantitative estimate of drug-likeness (QED) is 0.779. The molecule has 2 fully saturated rings. The van der Waals surface area contributed by atoms with Gasteiger partial charge in [0.05, 0.1) is 6.54 Å². The zero-order chi connectivity index (χ0) is 12.4. The molecule has 1 heterocycles. The van der Waals surface area contributed by atoms with Crippen LogP contribution in [-0.4, -0.2) is 58.5 Å². The number of piperidine rings is 1. The van der Waals surface area contributed by atoms with Crippen LogP contribution in [0.15, 0.2) is 0 Å². The van der Waals surface area contributed by atoms with Gasteiger partial charge in [-0.3, -0.25) is 14.5 Å². The van der Waals surface area contributed by atoms with Crippen molar-refractivity contribution in [1.29, 1.82) is 0 Å². The van der Waals surface area contributed by atoms with E-state index in [0.29, 0.717) is 12.6 Å². The first-order chi connectivity index (χ1) is 8.08. The van der Waals surface area contributed by atoms with Crippen LogP contribution in [0.1, 0.15) is 32.6 Å². The lowest BCUT2D eigenvalue weighted by atomic mass is 10.0. The molecule has 1 saturated carbocycles. The maximum absolute atomic E-state index is 11.4. The van der Waals surface area contributed by atoms with Crippen molar-refractivity contribution in [1.82, 2.24) is 9.80 Å². The number of carbonyl (C=O) groups is 2. The molecule has 2 aliphatic rings. The summed E-state index contributed by atoms with van der Waals surface area (Å²) in [4.78, 5) is 26.2. The first kappa shape index (κ1) is 12.4. The van der Waals surface area contributed by atoms with Crippen LogP contribution in [0.4, 0.5) is 0 Å². The monoisotopic (exact) mass is 240 g/mol. The minimum absolute atomic E-state index is 0.0979. The van der Waals surface area contributed by atoms with Crippen molar-refractivity contribution < 1.29 is 14.7 Å². The Morgan fingerprint density at radius 1 is 1.29 bits per heavy atom. The summed E-state index contributed by atoms with van der Waals surface area (Å²) in [6.45, 7) is 3.21. The van der Waals surface area contributed by atoms with Gasteiger partial charge in [0.25, 0.3) is 0 Å². The zero-order valence-corrected chi connectivity index (χ0v) is 10.3. The Hall–Kier alpha value is -1.10. The Labute approximate surface area is 101 Å². The Morgan fingerprint density at radius 3 is 2.53 bits per heavy atom. The second-order valence-electron chi connectivity index (χ2n) is 5.06. The molecule has 0 radical (unpaired) electrons. The smallest absolute Gasteiger partial charge is 0.317 e. The summed E-state index contributed by atoms with van der Waals surface area (Å²) in [5.74, 6) is -0.669.